The first-order valence-corrected chi connectivity index (χ1v) is 7.26. The van der Waals surface area contributed by atoms with Crippen LogP contribution in [0.25, 0.3) is 0 Å². The van der Waals surface area contributed by atoms with Crippen LogP contribution in [-0.2, 0) is 0 Å². The van der Waals surface area contributed by atoms with Crippen molar-refractivity contribution in [2.45, 2.75) is 45.2 Å². The molecule has 110 valence electrons. The van der Waals surface area contributed by atoms with Gasteiger partial charge in [-0.25, -0.2) is 0 Å². The number of rotatable bonds is 3. The predicted octanol–water partition coefficient (Wildman–Crippen LogP) is 3.26. The molecule has 1 aromatic rings. The second-order valence-corrected chi connectivity index (χ2v) is 5.87. The van der Waals surface area contributed by atoms with E-state index in [0.717, 1.165) is 30.6 Å². The summed E-state index contributed by atoms with van der Waals surface area (Å²) in [4.78, 5) is 12.7. The molecule has 0 radical (unpaired) electrons. The smallest absolute Gasteiger partial charge is 0.288 e. The zero-order valence-corrected chi connectivity index (χ0v) is 12.6. The van der Waals surface area contributed by atoms with E-state index in [1.165, 1.54) is 6.42 Å². The third-order valence-corrected chi connectivity index (χ3v) is 4.23. The highest BCUT2D eigenvalue weighted by atomic mass is 35.5. The van der Waals surface area contributed by atoms with Crippen LogP contribution in [0.15, 0.2) is 12.1 Å². The molecule has 1 heterocycles. The molecule has 0 bridgehead atoms. The number of nitro groups is 1. The summed E-state index contributed by atoms with van der Waals surface area (Å²) >= 11 is 6.04. The van der Waals surface area contributed by atoms with E-state index in [2.05, 4.69) is 4.90 Å². The van der Waals surface area contributed by atoms with Crippen LogP contribution in [0.5, 0.6) is 0 Å². The van der Waals surface area contributed by atoms with Crippen molar-refractivity contribution in [1.82, 2.24) is 0 Å². The van der Waals surface area contributed by atoms with Crippen LogP contribution in [0.2, 0.25) is 5.02 Å². The highest BCUT2D eigenvalue weighted by molar-refractivity contribution is 6.33. The summed E-state index contributed by atoms with van der Waals surface area (Å²) in [6.45, 7) is 4.80. The number of anilines is 1. The summed E-state index contributed by atoms with van der Waals surface area (Å²) in [5, 5.41) is 11.1. The molecule has 20 heavy (non-hydrogen) atoms. The van der Waals surface area contributed by atoms with Crippen LogP contribution < -0.4 is 10.6 Å². The van der Waals surface area contributed by atoms with Crippen LogP contribution in [0.3, 0.4) is 0 Å². The third-order valence-electron chi connectivity index (χ3n) is 3.93. The van der Waals surface area contributed by atoms with Gasteiger partial charge in [0.15, 0.2) is 0 Å². The zero-order valence-electron chi connectivity index (χ0n) is 11.8. The molecule has 2 atom stereocenters. The third kappa shape index (κ3) is 2.88. The van der Waals surface area contributed by atoms with Gasteiger partial charge >= 0.3 is 0 Å². The molecule has 5 nitrogen and oxygen atoms in total. The van der Waals surface area contributed by atoms with Crippen molar-refractivity contribution >= 4 is 23.0 Å². The van der Waals surface area contributed by atoms with E-state index in [0.29, 0.717) is 0 Å². The average molecular weight is 298 g/mol. The first-order chi connectivity index (χ1) is 9.41. The van der Waals surface area contributed by atoms with Gasteiger partial charge in [0, 0.05) is 30.4 Å². The van der Waals surface area contributed by atoms with Crippen molar-refractivity contribution in [3.05, 3.63) is 32.8 Å². The van der Waals surface area contributed by atoms with E-state index >= 15 is 0 Å². The summed E-state index contributed by atoms with van der Waals surface area (Å²) in [6.07, 6.45) is 3.32. The van der Waals surface area contributed by atoms with Crippen LogP contribution in [-0.4, -0.2) is 23.6 Å². The van der Waals surface area contributed by atoms with Crippen molar-refractivity contribution in [3.8, 4) is 0 Å². The normalized spacial score (nSPS) is 20.8. The number of nitrogens with two attached hydrogens (primary N) is 1. The van der Waals surface area contributed by atoms with Crippen LogP contribution in [0.1, 0.15) is 31.7 Å². The highest BCUT2D eigenvalue weighted by Crippen LogP contribution is 2.35. The molecule has 2 N–H and O–H groups in total. The first-order valence-electron chi connectivity index (χ1n) is 6.88. The predicted molar refractivity (Wildman–Crippen MR) is 81.5 cm³/mol. The number of hydrogen-bond acceptors (Lipinski definition) is 4. The molecule has 0 saturated carbocycles. The molecule has 6 heteroatoms. The fourth-order valence-electron chi connectivity index (χ4n) is 2.91. The van der Waals surface area contributed by atoms with E-state index in [-0.39, 0.29) is 22.8 Å². The summed E-state index contributed by atoms with van der Waals surface area (Å²) < 4.78 is 0. The maximum Gasteiger partial charge on any atom is 0.288 e. The molecule has 1 aliphatic heterocycles. The van der Waals surface area contributed by atoms with E-state index in [1.807, 2.05) is 13.8 Å². The Hall–Kier alpha value is -1.33. The molecule has 0 aliphatic carbocycles. The standard InChI is InChI=1S/C14H20ClN3O2/c1-9-7-14(18(19)20)11(15)8-13(9)17-6-4-3-5-12(17)10(2)16/h7-8,10,12H,3-6,16H2,1-2H3. The lowest BCUT2D eigenvalue weighted by atomic mass is 9.95. The summed E-state index contributed by atoms with van der Waals surface area (Å²) in [7, 11) is 0. The Morgan fingerprint density at radius 2 is 2.20 bits per heavy atom. The van der Waals surface area contributed by atoms with E-state index in [4.69, 9.17) is 17.3 Å². The quantitative estimate of drug-likeness (QED) is 0.686. The maximum absolute atomic E-state index is 10.9. The topological polar surface area (TPSA) is 72.4 Å². The second-order valence-electron chi connectivity index (χ2n) is 5.46. The Bertz CT molecular complexity index is 519. The summed E-state index contributed by atoms with van der Waals surface area (Å²) in [5.74, 6) is 0. The zero-order chi connectivity index (χ0) is 14.9. The molecule has 2 rings (SSSR count). The van der Waals surface area contributed by atoms with E-state index in [1.54, 1.807) is 12.1 Å². The van der Waals surface area contributed by atoms with Gasteiger partial charge in [-0.3, -0.25) is 10.1 Å². The van der Waals surface area contributed by atoms with Gasteiger partial charge in [-0.05, 0) is 44.7 Å². The minimum atomic E-state index is -0.446. The molecule has 1 aliphatic rings. The van der Waals surface area contributed by atoms with Gasteiger partial charge in [-0.15, -0.1) is 0 Å². The first kappa shape index (κ1) is 15.1. The van der Waals surface area contributed by atoms with Crippen molar-refractivity contribution in [1.29, 1.82) is 0 Å². The molecule has 0 aromatic heterocycles. The Balaban J connectivity index is 2.41. The minimum absolute atomic E-state index is 0.0396. The monoisotopic (exact) mass is 297 g/mol. The Morgan fingerprint density at radius 1 is 1.50 bits per heavy atom. The number of nitro benzene ring substituents is 1. The van der Waals surface area contributed by atoms with Gasteiger partial charge in [0.2, 0.25) is 0 Å². The molecule has 0 amide bonds. The number of piperidine rings is 1. The number of benzene rings is 1. The van der Waals surface area contributed by atoms with Gasteiger partial charge < -0.3 is 10.6 Å². The second kappa shape index (κ2) is 5.97. The molecular weight excluding hydrogens is 278 g/mol. The van der Waals surface area contributed by atoms with Crippen LogP contribution in [0.4, 0.5) is 11.4 Å². The molecule has 1 saturated heterocycles. The fraction of sp³-hybridized carbons (Fsp3) is 0.571. The largest absolute Gasteiger partial charge is 0.367 e. The lowest BCUT2D eigenvalue weighted by molar-refractivity contribution is -0.384. The molecule has 0 spiro atoms. The lowest BCUT2D eigenvalue weighted by Gasteiger charge is -2.40. The molecule has 1 aromatic carbocycles. The molecular formula is C14H20ClN3O2. The van der Waals surface area contributed by atoms with Gasteiger partial charge in [0.1, 0.15) is 5.02 Å². The Labute approximate surface area is 123 Å². The highest BCUT2D eigenvalue weighted by Gasteiger charge is 2.28. The Kier molecular flexibility index (Phi) is 4.50. The summed E-state index contributed by atoms with van der Waals surface area (Å²) in [6, 6.07) is 3.57. The molecule has 1 fully saturated rings. The number of hydrogen-bond donors (Lipinski definition) is 1. The summed E-state index contributed by atoms with van der Waals surface area (Å²) in [5.41, 5.74) is 7.87. The van der Waals surface area contributed by atoms with Crippen molar-refractivity contribution in [2.75, 3.05) is 11.4 Å². The van der Waals surface area contributed by atoms with Crippen molar-refractivity contribution in [3.63, 3.8) is 0 Å². The fourth-order valence-corrected chi connectivity index (χ4v) is 3.14. The van der Waals surface area contributed by atoms with E-state index < -0.39 is 4.92 Å². The average Bonchev–Trinajstić information content (AvgIpc) is 2.40. The Morgan fingerprint density at radius 3 is 2.80 bits per heavy atom. The maximum atomic E-state index is 10.9. The lowest BCUT2D eigenvalue weighted by Crippen LogP contribution is -2.49. The van der Waals surface area contributed by atoms with Crippen molar-refractivity contribution < 1.29 is 4.92 Å². The molecule has 2 unspecified atom stereocenters. The van der Waals surface area contributed by atoms with Gasteiger partial charge in [0.05, 0.1) is 4.92 Å². The van der Waals surface area contributed by atoms with Crippen LogP contribution >= 0.6 is 11.6 Å². The van der Waals surface area contributed by atoms with Gasteiger partial charge in [0.25, 0.3) is 5.69 Å². The van der Waals surface area contributed by atoms with Crippen LogP contribution in [0, 0.1) is 17.0 Å². The van der Waals surface area contributed by atoms with Gasteiger partial charge in [-0.2, -0.15) is 0 Å². The number of aryl methyl sites for hydroxylation is 1. The number of nitrogens with zero attached hydrogens (tertiary/aromatic N) is 2. The number of halogens is 1. The van der Waals surface area contributed by atoms with Gasteiger partial charge in [-0.1, -0.05) is 11.6 Å². The van der Waals surface area contributed by atoms with E-state index in [9.17, 15) is 10.1 Å². The SMILES string of the molecule is Cc1cc([N+](=O)[O-])c(Cl)cc1N1CCCCC1C(C)N. The minimum Gasteiger partial charge on any atom is -0.367 e. The van der Waals surface area contributed by atoms with Crippen molar-refractivity contribution in [2.24, 2.45) is 5.73 Å².